The number of aromatic nitrogens is 4. The molecule has 13 aromatic rings. The number of carbonyl (C=O) groups is 4. The van der Waals surface area contributed by atoms with E-state index in [2.05, 4.69) is 21.3 Å². The van der Waals surface area contributed by atoms with Crippen LogP contribution in [-0.2, 0) is 0 Å². The molecule has 0 saturated carbocycles. The Hall–Kier alpha value is -12.0. The summed E-state index contributed by atoms with van der Waals surface area (Å²) in [5.41, 5.74) is 3.59. The normalized spacial score (nSPS) is 16.7. The van der Waals surface area contributed by atoms with Crippen LogP contribution in [0.2, 0.25) is 0 Å². The van der Waals surface area contributed by atoms with E-state index >= 15 is 38.4 Å². The molecule has 0 fully saturated rings. The fourth-order valence-electron chi connectivity index (χ4n) is 14.9. The van der Waals surface area contributed by atoms with Gasteiger partial charge < -0.3 is 21.3 Å². The molecule has 16 nitrogen and oxygen atoms in total. The number of hydrogen-bond acceptors (Lipinski definition) is 8. The molecule has 0 radical (unpaired) electrons. The molecule has 4 amide bonds. The molecule has 0 spiro atoms. The van der Waals surface area contributed by atoms with Crippen molar-refractivity contribution in [3.8, 4) is 0 Å². The zero-order chi connectivity index (χ0) is 71.9. The molecule has 0 unspecified atom stereocenters. The second-order valence-corrected chi connectivity index (χ2v) is 30.8. The number of amides is 4. The summed E-state index contributed by atoms with van der Waals surface area (Å²) in [6, 6.07) is 85.5. The molecule has 11 aromatic carbocycles. The van der Waals surface area contributed by atoms with E-state index in [4.69, 9.17) is 0 Å². The molecule has 514 valence electrons. The number of nitrogens with one attached hydrogen (secondary N) is 4. The fraction of sp³-hybridized carbons (Fsp3) is 0.140. The van der Waals surface area contributed by atoms with E-state index in [1.165, 1.54) is 18.7 Å². The number of nitrogens with zero attached hydrogens (tertiary/aromatic N) is 4. The third-order valence-corrected chi connectivity index (χ3v) is 26.2. The monoisotopic (exact) mass is 1410 g/mol. The number of benzene rings is 11. The Morgan fingerprint density at radius 3 is 0.663 bits per heavy atom. The molecule has 4 N–H and O–H groups in total. The molecule has 18 heteroatoms. The Balaban J connectivity index is 1.04. The van der Waals surface area contributed by atoms with E-state index in [1.807, 2.05) is 198 Å². The van der Waals surface area contributed by atoms with Crippen molar-refractivity contribution in [2.75, 3.05) is 0 Å². The maximum Gasteiger partial charge on any atom is 0.274 e. The van der Waals surface area contributed by atoms with Crippen molar-refractivity contribution in [1.29, 1.82) is 0 Å². The van der Waals surface area contributed by atoms with Crippen molar-refractivity contribution in [2.24, 2.45) is 0 Å². The Morgan fingerprint density at radius 2 is 0.442 bits per heavy atom. The predicted octanol–water partition coefficient (Wildman–Crippen LogP) is 14.4. The lowest BCUT2D eigenvalue weighted by atomic mass is 10.0. The van der Waals surface area contributed by atoms with Gasteiger partial charge in [-0.2, -0.15) is 0 Å². The first-order valence-corrected chi connectivity index (χ1v) is 37.6. The number of hydrogen-bond donors (Lipinski definition) is 4. The van der Waals surface area contributed by atoms with E-state index in [0.717, 1.165) is 22.3 Å². The Kier molecular flexibility index (Phi) is 18.8. The topological polar surface area (TPSA) is 204 Å². The standard InChI is InChI=1S/C86H72N8O8P2/c1-53(57-31-9-5-10-32-57)87-75(95)61-39-17-25-47-69(61)83-91-79(99)65-43-21-22-44-66(65)80(100)92(91)84(70-48-26-18-40-62(70)76(96)88-54(2)58-33-11-6-12-34-58)103(83)73-51-29-30-52-74(73)104-85(71-49-27-19-41-63(71)77(97)89-55(3)59-35-13-7-14-36-59)93-81(101)67-45-23-24-46-68(67)82(102)94(93)86(104)72-50-28-20-42-64(72)78(98)90-56(4)60-37-15-8-16-38-60/h5-56,83-86H,1-4H3,(H,87,95)(H,88,96)(H,89,97)(H,90,98)/t53-,54-,55-,56-,83-,84-,85-,86-/m0/s1. The lowest BCUT2D eigenvalue weighted by Crippen LogP contribution is -2.38. The van der Waals surface area contributed by atoms with Gasteiger partial charge in [-0.25, -0.2) is 18.7 Å². The molecule has 104 heavy (non-hydrogen) atoms. The highest BCUT2D eigenvalue weighted by Crippen LogP contribution is 2.70. The quantitative estimate of drug-likeness (QED) is 0.0607. The van der Waals surface area contributed by atoms with Crippen LogP contribution in [0.25, 0.3) is 21.5 Å². The summed E-state index contributed by atoms with van der Waals surface area (Å²) in [5.74, 6) is -6.70. The second kappa shape index (κ2) is 28.8. The van der Waals surface area contributed by atoms with Gasteiger partial charge in [-0.05, 0) is 147 Å². The van der Waals surface area contributed by atoms with Crippen LogP contribution in [0, 0.1) is 0 Å². The van der Waals surface area contributed by atoms with Crippen LogP contribution in [0.3, 0.4) is 0 Å². The molecular weight excluding hydrogens is 1330 g/mol. The van der Waals surface area contributed by atoms with Crippen molar-refractivity contribution in [1.82, 2.24) is 40.0 Å². The fourth-order valence-corrected chi connectivity index (χ4v) is 22.3. The van der Waals surface area contributed by atoms with Crippen LogP contribution in [0.5, 0.6) is 0 Å². The van der Waals surface area contributed by atoms with Crippen LogP contribution in [0.15, 0.2) is 310 Å². The van der Waals surface area contributed by atoms with Crippen molar-refractivity contribution in [3.63, 3.8) is 0 Å². The van der Waals surface area contributed by atoms with E-state index in [-0.39, 0.29) is 43.8 Å². The molecule has 2 aromatic heterocycles. The predicted molar refractivity (Wildman–Crippen MR) is 412 cm³/mol. The summed E-state index contributed by atoms with van der Waals surface area (Å²) < 4.78 is 5.95. The lowest BCUT2D eigenvalue weighted by Gasteiger charge is -2.33. The minimum absolute atomic E-state index is 0.125. The average Bonchev–Trinajstić information content (AvgIpc) is 1.54. The zero-order valence-electron chi connectivity index (χ0n) is 57.3. The van der Waals surface area contributed by atoms with Crippen molar-refractivity contribution < 1.29 is 19.2 Å². The summed E-state index contributed by atoms with van der Waals surface area (Å²) in [4.78, 5) is 128. The number of fused-ring (bicyclic) bond motifs is 4. The highest BCUT2D eigenvalue weighted by molar-refractivity contribution is 7.72. The van der Waals surface area contributed by atoms with E-state index in [9.17, 15) is 0 Å². The van der Waals surface area contributed by atoms with Gasteiger partial charge in [0.2, 0.25) is 0 Å². The molecule has 2 aliphatic rings. The van der Waals surface area contributed by atoms with Crippen LogP contribution in [0.1, 0.15) is 161 Å². The lowest BCUT2D eigenvalue weighted by molar-refractivity contribution is 0.0930. The van der Waals surface area contributed by atoms with Gasteiger partial charge in [0, 0.05) is 22.3 Å². The summed E-state index contributed by atoms with van der Waals surface area (Å²) in [6.45, 7) is 7.56. The first kappa shape index (κ1) is 67.8. The minimum atomic E-state index is -2.35. The Labute approximate surface area is 601 Å². The third-order valence-electron chi connectivity index (χ3n) is 20.0. The number of carbonyl (C=O) groups excluding carboxylic acids is 4. The van der Waals surface area contributed by atoms with Crippen LogP contribution < -0.4 is 54.1 Å². The maximum absolute atomic E-state index is 16.5. The summed E-state index contributed by atoms with van der Waals surface area (Å²) in [6.07, 6.45) is 0. The Morgan fingerprint density at radius 1 is 0.260 bits per heavy atom. The van der Waals surface area contributed by atoms with Gasteiger partial charge in [-0.1, -0.05) is 243 Å². The number of rotatable bonds is 18. The smallest absolute Gasteiger partial charge is 0.274 e. The van der Waals surface area contributed by atoms with Gasteiger partial charge in [0.25, 0.3) is 45.9 Å². The van der Waals surface area contributed by atoms with Gasteiger partial charge in [0.15, 0.2) is 0 Å². The van der Waals surface area contributed by atoms with Gasteiger partial charge in [0.1, 0.15) is 23.1 Å². The highest BCUT2D eigenvalue weighted by Gasteiger charge is 2.53. The second-order valence-electron chi connectivity index (χ2n) is 26.3. The van der Waals surface area contributed by atoms with Gasteiger partial charge in [-0.3, -0.25) is 38.4 Å². The summed E-state index contributed by atoms with van der Waals surface area (Å²) in [5, 5.41) is 14.6. The molecule has 2 aliphatic heterocycles. The molecule has 0 saturated heterocycles. The Bertz CT molecular complexity index is 5070. The SMILES string of the molecule is C[C@H](NC(=O)c1ccccc1[C@H]1n2c(=O)c3ccccc3c(=O)n2[C@H](c2ccccc2C(=O)N[C@@H](C)c2ccccc2)P1c1ccccc1P1[C@@H](c2ccccc2C(=O)N[C@@H](C)c2ccccc2)n2c(=O)c3ccccc3c(=O)n2[C@@H]1c1ccccc1C(=O)N[C@@H](C)c1ccccc1)c1ccccc1. The van der Waals surface area contributed by atoms with E-state index in [0.29, 0.717) is 32.9 Å². The largest absolute Gasteiger partial charge is 0.346 e. The zero-order valence-corrected chi connectivity index (χ0v) is 59.1. The molecular formula is C86H72N8O8P2. The first-order valence-electron chi connectivity index (χ1n) is 34.6. The van der Waals surface area contributed by atoms with Gasteiger partial charge in [-0.15, -0.1) is 0 Å². The van der Waals surface area contributed by atoms with E-state index in [1.54, 1.807) is 121 Å². The third kappa shape index (κ3) is 12.3. The highest BCUT2D eigenvalue weighted by atomic mass is 31.1. The van der Waals surface area contributed by atoms with Crippen LogP contribution >= 0.6 is 15.8 Å². The molecule has 0 aliphatic carbocycles. The molecule has 4 heterocycles. The van der Waals surface area contributed by atoms with Gasteiger partial charge >= 0.3 is 0 Å². The van der Waals surface area contributed by atoms with Crippen LogP contribution in [-0.4, -0.2) is 42.4 Å². The summed E-state index contributed by atoms with van der Waals surface area (Å²) in [7, 11) is -4.71. The van der Waals surface area contributed by atoms with Gasteiger partial charge in [0.05, 0.1) is 45.7 Å². The maximum atomic E-state index is 16.5. The first-order chi connectivity index (χ1) is 50.7. The molecule has 15 rings (SSSR count). The van der Waals surface area contributed by atoms with Crippen LogP contribution in [0.4, 0.5) is 0 Å². The van der Waals surface area contributed by atoms with Crippen molar-refractivity contribution in [2.45, 2.75) is 75.0 Å². The molecule has 0 bridgehead atoms. The van der Waals surface area contributed by atoms with E-state index < -0.39 is 109 Å². The average molecular weight is 1410 g/mol. The van der Waals surface area contributed by atoms with Crippen molar-refractivity contribution in [3.05, 3.63) is 399 Å². The summed E-state index contributed by atoms with van der Waals surface area (Å²) >= 11 is 0. The molecule has 8 atom stereocenters. The van der Waals surface area contributed by atoms with Crippen molar-refractivity contribution >= 4 is 71.6 Å². The minimum Gasteiger partial charge on any atom is -0.346 e.